The molecule has 8 nitrogen and oxygen atoms in total. The second kappa shape index (κ2) is 7.68. The van der Waals surface area contributed by atoms with E-state index in [1.165, 1.54) is 12.8 Å². The van der Waals surface area contributed by atoms with Gasteiger partial charge in [-0.25, -0.2) is 9.37 Å². The summed E-state index contributed by atoms with van der Waals surface area (Å²) < 4.78 is 20.3. The van der Waals surface area contributed by atoms with Gasteiger partial charge < -0.3 is 14.7 Å². The second-order valence-electron chi connectivity index (χ2n) is 8.75. The average Bonchev–Trinajstić information content (AvgIpc) is 3.29. The Morgan fingerprint density at radius 2 is 2.03 bits per heavy atom. The summed E-state index contributed by atoms with van der Waals surface area (Å²) in [4.78, 5) is 24.2. The van der Waals surface area contributed by atoms with Crippen LogP contribution >= 0.6 is 0 Å². The predicted octanol–water partition coefficient (Wildman–Crippen LogP) is 4.37. The molecule has 2 aliphatic rings. The first-order valence-electron chi connectivity index (χ1n) is 11.2. The van der Waals surface area contributed by atoms with Crippen LogP contribution in [0.4, 0.5) is 15.8 Å². The van der Waals surface area contributed by atoms with Crippen molar-refractivity contribution in [3.8, 4) is 11.4 Å². The molecule has 1 saturated carbocycles. The molecule has 1 amide bonds. The molecule has 1 aromatic carbocycles. The number of aromatic nitrogens is 4. The van der Waals surface area contributed by atoms with E-state index in [0.29, 0.717) is 35.1 Å². The number of carbonyl (C=O) groups is 1. The summed E-state index contributed by atoms with van der Waals surface area (Å²) in [6.07, 6.45) is 5.41. The number of hydrogen-bond acceptors (Lipinski definition) is 6. The maximum atomic E-state index is 13.3. The maximum Gasteiger partial charge on any atom is 0.274 e. The normalized spacial score (nSPS) is 19.9. The number of pyridine rings is 1. The maximum absolute atomic E-state index is 13.3. The Balaban J connectivity index is 1.24. The number of aryl methyl sites for hydroxylation is 1. The molecular weight excluding hydrogens is 423 g/mol. The van der Waals surface area contributed by atoms with Crippen LogP contribution in [0, 0.1) is 6.92 Å². The fourth-order valence-electron chi connectivity index (χ4n) is 4.31. The predicted molar refractivity (Wildman–Crippen MR) is 121 cm³/mol. The van der Waals surface area contributed by atoms with Gasteiger partial charge in [0.2, 0.25) is 11.7 Å². The largest absolute Gasteiger partial charge is 0.371 e. The lowest BCUT2D eigenvalue weighted by atomic mass is 10.1. The Hall–Kier alpha value is -3.75. The summed E-state index contributed by atoms with van der Waals surface area (Å²) in [5, 5.41) is 6.96. The van der Waals surface area contributed by atoms with Crippen molar-refractivity contribution in [2.24, 2.45) is 0 Å². The number of carbonyl (C=O) groups excluding carboxylic acids is 1. The van der Waals surface area contributed by atoms with E-state index in [1.807, 2.05) is 37.4 Å². The van der Waals surface area contributed by atoms with Crippen molar-refractivity contribution in [2.75, 3.05) is 23.3 Å². The molecule has 1 aliphatic heterocycles. The van der Waals surface area contributed by atoms with Gasteiger partial charge in [-0.05, 0) is 43.9 Å². The lowest BCUT2D eigenvalue weighted by Crippen LogP contribution is -2.18. The minimum atomic E-state index is -0.900. The number of anilines is 2. The summed E-state index contributed by atoms with van der Waals surface area (Å²) >= 11 is 0. The Morgan fingerprint density at radius 1 is 1.21 bits per heavy atom. The van der Waals surface area contributed by atoms with Crippen LogP contribution in [-0.4, -0.2) is 44.7 Å². The van der Waals surface area contributed by atoms with Crippen LogP contribution in [0.1, 0.15) is 47.1 Å². The molecule has 0 radical (unpaired) electrons. The first-order valence-corrected chi connectivity index (χ1v) is 11.2. The van der Waals surface area contributed by atoms with Crippen molar-refractivity contribution >= 4 is 22.9 Å². The molecule has 0 bridgehead atoms. The van der Waals surface area contributed by atoms with Crippen LogP contribution in [0.3, 0.4) is 0 Å². The summed E-state index contributed by atoms with van der Waals surface area (Å²) in [7, 11) is 0. The Kier molecular flexibility index (Phi) is 4.63. The zero-order valence-corrected chi connectivity index (χ0v) is 18.2. The highest BCUT2D eigenvalue weighted by atomic mass is 19.1. The van der Waals surface area contributed by atoms with E-state index in [1.54, 1.807) is 16.7 Å². The van der Waals surface area contributed by atoms with Crippen LogP contribution in [-0.2, 0) is 0 Å². The highest BCUT2D eigenvalue weighted by Gasteiger charge is 2.43. The molecule has 0 spiro atoms. The van der Waals surface area contributed by atoms with Gasteiger partial charge in [0.15, 0.2) is 0 Å². The molecule has 6 rings (SSSR count). The van der Waals surface area contributed by atoms with Crippen molar-refractivity contribution in [3.63, 3.8) is 0 Å². The molecule has 1 aliphatic carbocycles. The number of nitrogens with one attached hydrogen (secondary N) is 1. The number of halogens is 1. The first-order chi connectivity index (χ1) is 16.1. The second-order valence-corrected chi connectivity index (χ2v) is 8.75. The number of alkyl halides is 1. The van der Waals surface area contributed by atoms with Crippen molar-refractivity contribution in [1.29, 1.82) is 0 Å². The number of fused-ring (bicyclic) bond motifs is 1. The topological polar surface area (TPSA) is 88.6 Å². The molecule has 3 aromatic heterocycles. The Labute approximate surface area is 189 Å². The molecule has 2 atom stereocenters. The van der Waals surface area contributed by atoms with Crippen LogP contribution in [0.5, 0.6) is 0 Å². The van der Waals surface area contributed by atoms with Crippen LogP contribution < -0.4 is 10.2 Å². The highest BCUT2D eigenvalue weighted by Crippen LogP contribution is 2.43. The van der Waals surface area contributed by atoms with E-state index in [2.05, 4.69) is 25.3 Å². The van der Waals surface area contributed by atoms with Crippen LogP contribution in [0.15, 0.2) is 47.2 Å². The molecule has 4 aromatic rings. The minimum Gasteiger partial charge on any atom is -0.371 e. The Morgan fingerprint density at radius 3 is 2.82 bits per heavy atom. The zero-order valence-electron chi connectivity index (χ0n) is 18.2. The third-order valence-electron chi connectivity index (χ3n) is 6.42. The minimum absolute atomic E-state index is 0.260. The first kappa shape index (κ1) is 19.9. The summed E-state index contributed by atoms with van der Waals surface area (Å²) in [5.41, 5.74) is 4.54. The van der Waals surface area contributed by atoms with Crippen LogP contribution in [0.2, 0.25) is 0 Å². The molecule has 1 unspecified atom stereocenters. The van der Waals surface area contributed by atoms with E-state index in [4.69, 9.17) is 4.52 Å². The zero-order chi connectivity index (χ0) is 22.5. The summed E-state index contributed by atoms with van der Waals surface area (Å²) in [5.74, 6) is 0.146. The van der Waals surface area contributed by atoms with Gasteiger partial charge in [0.05, 0.1) is 12.1 Å². The van der Waals surface area contributed by atoms with Gasteiger partial charge in [0.1, 0.15) is 17.5 Å². The number of benzene rings is 1. The third kappa shape index (κ3) is 3.63. The number of amides is 1. The van der Waals surface area contributed by atoms with Crippen molar-refractivity contribution in [2.45, 2.75) is 38.3 Å². The summed E-state index contributed by atoms with van der Waals surface area (Å²) in [6, 6.07) is 9.58. The average molecular weight is 446 g/mol. The molecule has 1 N–H and O–H groups in total. The fourth-order valence-corrected chi connectivity index (χ4v) is 4.31. The van der Waals surface area contributed by atoms with Gasteiger partial charge in [-0.3, -0.25) is 9.20 Å². The number of imidazole rings is 1. The van der Waals surface area contributed by atoms with Crippen molar-refractivity contribution in [1.82, 2.24) is 19.5 Å². The standard InChI is InChI=1S/C24H23FN6O2/c1-14-4-5-15(22-28-24(33-29-22)17-12-18(17)25)10-19(14)27-23(32)20-13-26-21-11-16(6-9-31(20)21)30-7-2-3-8-30/h4-6,9-11,13,17-18H,2-3,7-8,12H2,1H3,(H,27,32)/t17?,18-/m0/s1. The van der Waals surface area contributed by atoms with Crippen molar-refractivity contribution < 1.29 is 13.7 Å². The fraction of sp³-hybridized carbons (Fsp3) is 0.333. The van der Waals surface area contributed by atoms with E-state index < -0.39 is 6.17 Å². The van der Waals surface area contributed by atoms with Crippen molar-refractivity contribution in [3.05, 3.63) is 59.9 Å². The van der Waals surface area contributed by atoms with Gasteiger partial charge in [-0.1, -0.05) is 17.3 Å². The van der Waals surface area contributed by atoms with Gasteiger partial charge in [0.25, 0.3) is 5.91 Å². The molecule has 168 valence electrons. The van der Waals surface area contributed by atoms with E-state index in [9.17, 15) is 9.18 Å². The van der Waals surface area contributed by atoms with Gasteiger partial charge >= 0.3 is 0 Å². The third-order valence-corrected chi connectivity index (χ3v) is 6.42. The number of nitrogens with zero attached hydrogens (tertiary/aromatic N) is 5. The molecule has 9 heteroatoms. The number of hydrogen-bond donors (Lipinski definition) is 1. The summed E-state index contributed by atoms with van der Waals surface area (Å²) in [6.45, 7) is 4.02. The molecule has 1 saturated heterocycles. The monoisotopic (exact) mass is 446 g/mol. The van der Waals surface area contributed by atoms with E-state index in [0.717, 1.165) is 30.0 Å². The van der Waals surface area contributed by atoms with Gasteiger partial charge in [0, 0.05) is 42.3 Å². The lowest BCUT2D eigenvalue weighted by Gasteiger charge is -2.17. The quantitative estimate of drug-likeness (QED) is 0.490. The SMILES string of the molecule is Cc1ccc(-c2noc(C3C[C@@H]3F)n2)cc1NC(=O)c1cnc2cc(N3CCCC3)ccn12. The van der Waals surface area contributed by atoms with E-state index >= 15 is 0 Å². The van der Waals surface area contributed by atoms with Gasteiger partial charge in [-0.2, -0.15) is 4.98 Å². The number of rotatable bonds is 5. The molecule has 33 heavy (non-hydrogen) atoms. The highest BCUT2D eigenvalue weighted by molar-refractivity contribution is 6.04. The van der Waals surface area contributed by atoms with Crippen LogP contribution in [0.25, 0.3) is 17.0 Å². The smallest absolute Gasteiger partial charge is 0.274 e. The molecule has 2 fully saturated rings. The van der Waals surface area contributed by atoms with Gasteiger partial charge in [-0.15, -0.1) is 0 Å². The molecule has 4 heterocycles. The lowest BCUT2D eigenvalue weighted by molar-refractivity contribution is 0.102. The Bertz CT molecular complexity index is 1360. The van der Waals surface area contributed by atoms with E-state index in [-0.39, 0.29) is 11.8 Å². The molecular formula is C24H23FN6O2.